The molecule has 8 nitrogen and oxygen atoms in total. The van der Waals surface area contributed by atoms with E-state index in [4.69, 9.17) is 16.2 Å². The van der Waals surface area contributed by atoms with Gasteiger partial charge in [0, 0.05) is 12.0 Å². The maximum atomic E-state index is 12.7. The number of rotatable bonds is 9. The number of primary amides is 2. The third kappa shape index (κ3) is 7.03. The number of pyridine rings is 1. The lowest BCUT2D eigenvalue weighted by molar-refractivity contribution is -0.137. The number of hydrogen-bond donors (Lipinski definition) is 3. The van der Waals surface area contributed by atoms with Gasteiger partial charge in [-0.3, -0.25) is 14.4 Å². The third-order valence-corrected chi connectivity index (χ3v) is 4.88. The van der Waals surface area contributed by atoms with Crippen molar-refractivity contribution < 1.29 is 32.3 Å². The van der Waals surface area contributed by atoms with Gasteiger partial charge in [-0.25, -0.2) is 4.98 Å². The molecular formula is C24H21F3N4O4. The highest BCUT2D eigenvalue weighted by molar-refractivity contribution is 5.96. The molecule has 0 fully saturated rings. The van der Waals surface area contributed by atoms with E-state index in [0.717, 1.165) is 12.1 Å². The van der Waals surface area contributed by atoms with Crippen molar-refractivity contribution in [2.75, 3.05) is 0 Å². The maximum Gasteiger partial charge on any atom is 0.416 e. The van der Waals surface area contributed by atoms with Crippen LogP contribution in [0.15, 0.2) is 66.7 Å². The summed E-state index contributed by atoms with van der Waals surface area (Å²) in [7, 11) is 0. The van der Waals surface area contributed by atoms with Gasteiger partial charge in [0.1, 0.15) is 23.2 Å². The van der Waals surface area contributed by atoms with E-state index < -0.39 is 35.5 Å². The molecule has 1 unspecified atom stereocenters. The number of nitrogens with zero attached hydrogens (tertiary/aromatic N) is 1. The highest BCUT2D eigenvalue weighted by Gasteiger charge is 2.30. The summed E-state index contributed by atoms with van der Waals surface area (Å²) in [6.07, 6.45) is -4.58. The van der Waals surface area contributed by atoms with Crippen LogP contribution in [0, 0.1) is 0 Å². The lowest BCUT2D eigenvalue weighted by Crippen LogP contribution is -2.45. The number of hydrogen-bond acceptors (Lipinski definition) is 5. The molecule has 1 aromatic heterocycles. The Hall–Kier alpha value is -4.41. The highest BCUT2D eigenvalue weighted by Crippen LogP contribution is 2.31. The lowest BCUT2D eigenvalue weighted by Gasteiger charge is -2.14. The van der Waals surface area contributed by atoms with Gasteiger partial charge in [0.05, 0.1) is 11.3 Å². The fraction of sp³-hybridized carbons (Fsp3) is 0.167. The Bertz CT molecular complexity index is 1210. The van der Waals surface area contributed by atoms with Crippen LogP contribution in [0.25, 0.3) is 11.3 Å². The molecule has 1 heterocycles. The van der Waals surface area contributed by atoms with Crippen molar-refractivity contribution in [3.8, 4) is 22.8 Å². The monoisotopic (exact) mass is 486 g/mol. The first-order valence-corrected chi connectivity index (χ1v) is 10.3. The van der Waals surface area contributed by atoms with Crippen molar-refractivity contribution in [1.29, 1.82) is 0 Å². The lowest BCUT2D eigenvalue weighted by atomic mass is 10.1. The van der Waals surface area contributed by atoms with Crippen LogP contribution in [-0.2, 0) is 15.8 Å². The first-order chi connectivity index (χ1) is 16.5. The number of alkyl halides is 3. The van der Waals surface area contributed by atoms with E-state index >= 15 is 0 Å². The van der Waals surface area contributed by atoms with E-state index in [2.05, 4.69) is 10.3 Å². The molecule has 0 aliphatic carbocycles. The normalized spacial score (nSPS) is 12.0. The Kier molecular flexibility index (Phi) is 7.69. The molecule has 0 bridgehead atoms. The third-order valence-electron chi connectivity index (χ3n) is 4.88. The van der Waals surface area contributed by atoms with Gasteiger partial charge in [-0.2, -0.15) is 13.2 Å². The highest BCUT2D eigenvalue weighted by atomic mass is 19.4. The number of nitrogens with one attached hydrogen (secondary N) is 1. The minimum Gasteiger partial charge on any atom is -0.457 e. The topological polar surface area (TPSA) is 137 Å². The van der Waals surface area contributed by atoms with Crippen molar-refractivity contribution in [1.82, 2.24) is 10.3 Å². The molecule has 3 amide bonds. The van der Waals surface area contributed by atoms with Crippen LogP contribution in [0.5, 0.6) is 11.5 Å². The summed E-state index contributed by atoms with van der Waals surface area (Å²) >= 11 is 0. The SMILES string of the molecule is NC(=O)CCC(NC(=O)c1cccc(-c2ccc(Oc3ccc(C(F)(F)F)cc3)cc2)n1)C(N)=O. The summed E-state index contributed by atoms with van der Waals surface area (Å²) in [5.41, 5.74) is 10.7. The van der Waals surface area contributed by atoms with Crippen molar-refractivity contribution in [2.24, 2.45) is 11.5 Å². The molecule has 0 saturated heterocycles. The largest absolute Gasteiger partial charge is 0.457 e. The second-order valence-electron chi connectivity index (χ2n) is 7.49. The van der Waals surface area contributed by atoms with E-state index in [1.807, 2.05) is 0 Å². The standard InChI is InChI=1S/C24H21F3N4O4/c25-24(26,27)15-6-10-17(11-7-15)35-16-8-4-14(5-9-16)18-2-1-3-20(30-18)23(34)31-19(22(29)33)12-13-21(28)32/h1-11,19H,12-13H2,(H2,28,32)(H2,29,33)(H,31,34). The molecule has 35 heavy (non-hydrogen) atoms. The van der Waals surface area contributed by atoms with Crippen LogP contribution in [0.1, 0.15) is 28.9 Å². The number of ether oxygens (including phenoxy) is 1. The summed E-state index contributed by atoms with van der Waals surface area (Å²) in [5.74, 6) is -1.46. The smallest absolute Gasteiger partial charge is 0.416 e. The Morgan fingerprint density at radius 1 is 0.914 bits per heavy atom. The molecule has 3 rings (SSSR count). The van der Waals surface area contributed by atoms with Gasteiger partial charge >= 0.3 is 6.18 Å². The van der Waals surface area contributed by atoms with E-state index in [1.165, 1.54) is 18.2 Å². The van der Waals surface area contributed by atoms with Gasteiger partial charge in [-0.15, -0.1) is 0 Å². The first kappa shape index (κ1) is 25.2. The van der Waals surface area contributed by atoms with Gasteiger partial charge in [0.25, 0.3) is 5.91 Å². The van der Waals surface area contributed by atoms with Crippen LogP contribution < -0.4 is 21.5 Å². The fourth-order valence-electron chi connectivity index (χ4n) is 3.07. The second kappa shape index (κ2) is 10.7. The quantitative estimate of drug-likeness (QED) is 0.426. The van der Waals surface area contributed by atoms with Gasteiger partial charge < -0.3 is 21.5 Å². The van der Waals surface area contributed by atoms with Gasteiger partial charge in [-0.05, 0) is 67.1 Å². The fourth-order valence-corrected chi connectivity index (χ4v) is 3.07. The number of carbonyl (C=O) groups is 3. The van der Waals surface area contributed by atoms with Crippen LogP contribution in [0.2, 0.25) is 0 Å². The molecule has 1 atom stereocenters. The Labute approximate surface area is 198 Å². The number of benzene rings is 2. The van der Waals surface area contributed by atoms with E-state index in [-0.39, 0.29) is 24.3 Å². The van der Waals surface area contributed by atoms with Gasteiger partial charge in [0.15, 0.2) is 0 Å². The summed E-state index contributed by atoms with van der Waals surface area (Å²) in [6.45, 7) is 0. The predicted octanol–water partition coefficient (Wildman–Crippen LogP) is 3.41. The molecule has 0 radical (unpaired) electrons. The molecule has 2 aromatic carbocycles. The summed E-state index contributed by atoms with van der Waals surface area (Å²) in [6, 6.07) is 14.5. The Balaban J connectivity index is 1.69. The second-order valence-corrected chi connectivity index (χ2v) is 7.49. The van der Waals surface area contributed by atoms with Crippen molar-refractivity contribution >= 4 is 17.7 Å². The summed E-state index contributed by atoms with van der Waals surface area (Å²) in [5, 5.41) is 2.44. The number of nitrogens with two attached hydrogens (primary N) is 2. The number of carbonyl (C=O) groups excluding carboxylic acids is 3. The zero-order valence-electron chi connectivity index (χ0n) is 18.2. The van der Waals surface area contributed by atoms with E-state index in [0.29, 0.717) is 17.0 Å². The molecule has 5 N–H and O–H groups in total. The average molecular weight is 486 g/mol. The van der Waals surface area contributed by atoms with E-state index in [9.17, 15) is 27.6 Å². The molecular weight excluding hydrogens is 465 g/mol. The van der Waals surface area contributed by atoms with Gasteiger partial charge in [0.2, 0.25) is 11.8 Å². The molecule has 0 saturated carbocycles. The molecule has 0 spiro atoms. The van der Waals surface area contributed by atoms with E-state index in [1.54, 1.807) is 36.4 Å². The number of amides is 3. The number of aromatic nitrogens is 1. The van der Waals surface area contributed by atoms with Crippen LogP contribution in [-0.4, -0.2) is 28.7 Å². The molecule has 11 heteroatoms. The minimum atomic E-state index is -4.43. The zero-order valence-corrected chi connectivity index (χ0v) is 18.2. The molecule has 0 aliphatic heterocycles. The molecule has 182 valence electrons. The first-order valence-electron chi connectivity index (χ1n) is 10.3. The van der Waals surface area contributed by atoms with Crippen molar-refractivity contribution in [3.05, 3.63) is 78.0 Å². The van der Waals surface area contributed by atoms with Crippen molar-refractivity contribution in [2.45, 2.75) is 25.1 Å². The summed E-state index contributed by atoms with van der Waals surface area (Å²) in [4.78, 5) is 39.4. The minimum absolute atomic E-state index is 0.0258. The average Bonchev–Trinajstić information content (AvgIpc) is 2.81. The molecule has 0 aliphatic rings. The van der Waals surface area contributed by atoms with Crippen LogP contribution in [0.3, 0.4) is 0 Å². The zero-order chi connectivity index (χ0) is 25.6. The van der Waals surface area contributed by atoms with Crippen LogP contribution in [0.4, 0.5) is 13.2 Å². The predicted molar refractivity (Wildman–Crippen MR) is 120 cm³/mol. The molecule has 3 aromatic rings. The van der Waals surface area contributed by atoms with Gasteiger partial charge in [-0.1, -0.05) is 6.07 Å². The number of halogens is 3. The Morgan fingerprint density at radius 3 is 2.06 bits per heavy atom. The van der Waals surface area contributed by atoms with Crippen molar-refractivity contribution in [3.63, 3.8) is 0 Å². The Morgan fingerprint density at radius 2 is 1.51 bits per heavy atom. The maximum absolute atomic E-state index is 12.7. The summed E-state index contributed by atoms with van der Waals surface area (Å²) < 4.78 is 43.6. The van der Waals surface area contributed by atoms with Crippen LogP contribution >= 0.6 is 0 Å².